The van der Waals surface area contributed by atoms with E-state index in [0.717, 1.165) is 25.9 Å². The van der Waals surface area contributed by atoms with E-state index in [-0.39, 0.29) is 12.1 Å². The maximum Gasteiger partial charge on any atom is 0.170 e. The van der Waals surface area contributed by atoms with Crippen LogP contribution in [0.5, 0.6) is 0 Å². The summed E-state index contributed by atoms with van der Waals surface area (Å²) < 4.78 is 1.79. The predicted octanol–water partition coefficient (Wildman–Crippen LogP) is 1.66. The number of aromatic nitrogens is 2. The fourth-order valence-corrected chi connectivity index (χ4v) is 2.75. The standard InChI is InChI=1S/C14H23N5O/c1-3-10(4-2)19-13(16)12(9-15)14(17-19)18-7-5-11(20)6-8-18/h10-11,20H,3-8,16H2,1-2H3. The van der Waals surface area contributed by atoms with Crippen LogP contribution >= 0.6 is 0 Å². The molecule has 20 heavy (non-hydrogen) atoms. The fraction of sp³-hybridized carbons (Fsp3) is 0.714. The van der Waals surface area contributed by atoms with E-state index in [2.05, 4.69) is 29.9 Å². The lowest BCUT2D eigenvalue weighted by molar-refractivity contribution is 0.145. The number of nitrogen functional groups attached to an aromatic ring is 1. The van der Waals surface area contributed by atoms with Gasteiger partial charge in [-0.05, 0) is 25.7 Å². The zero-order chi connectivity index (χ0) is 14.7. The summed E-state index contributed by atoms with van der Waals surface area (Å²) in [6.07, 6.45) is 3.05. The minimum Gasteiger partial charge on any atom is -0.393 e. The summed E-state index contributed by atoms with van der Waals surface area (Å²) in [5.74, 6) is 1.13. The van der Waals surface area contributed by atoms with Crippen molar-refractivity contribution in [3.63, 3.8) is 0 Å². The van der Waals surface area contributed by atoms with Crippen molar-refractivity contribution >= 4 is 11.6 Å². The van der Waals surface area contributed by atoms with Crippen molar-refractivity contribution in [3.8, 4) is 6.07 Å². The quantitative estimate of drug-likeness (QED) is 0.873. The largest absolute Gasteiger partial charge is 0.393 e. The summed E-state index contributed by atoms with van der Waals surface area (Å²) in [5, 5.41) is 23.5. The maximum absolute atomic E-state index is 9.58. The van der Waals surface area contributed by atoms with Crippen LogP contribution in [0.15, 0.2) is 0 Å². The first-order valence-corrected chi connectivity index (χ1v) is 7.33. The second-order valence-corrected chi connectivity index (χ2v) is 5.33. The van der Waals surface area contributed by atoms with Crippen LogP contribution in [0.4, 0.5) is 11.6 Å². The van der Waals surface area contributed by atoms with Gasteiger partial charge < -0.3 is 15.7 Å². The molecule has 2 heterocycles. The molecule has 1 saturated heterocycles. The Kier molecular flexibility index (Phi) is 4.50. The van der Waals surface area contributed by atoms with E-state index in [1.54, 1.807) is 4.68 Å². The van der Waals surface area contributed by atoms with Gasteiger partial charge in [-0.2, -0.15) is 10.4 Å². The Bertz CT molecular complexity index is 492. The Hall–Kier alpha value is -1.74. The third kappa shape index (κ3) is 2.59. The average Bonchev–Trinajstić information content (AvgIpc) is 2.78. The molecule has 1 aliphatic heterocycles. The van der Waals surface area contributed by atoms with Gasteiger partial charge in [0.2, 0.25) is 0 Å². The van der Waals surface area contributed by atoms with E-state index in [9.17, 15) is 10.4 Å². The summed E-state index contributed by atoms with van der Waals surface area (Å²) in [6.45, 7) is 5.63. The van der Waals surface area contributed by atoms with Gasteiger partial charge in [0, 0.05) is 13.1 Å². The number of nitrogens with zero attached hydrogens (tertiary/aromatic N) is 4. The number of aliphatic hydroxyl groups excluding tert-OH is 1. The zero-order valence-electron chi connectivity index (χ0n) is 12.2. The summed E-state index contributed by atoms with van der Waals surface area (Å²) in [4.78, 5) is 2.06. The summed E-state index contributed by atoms with van der Waals surface area (Å²) in [7, 11) is 0. The summed E-state index contributed by atoms with van der Waals surface area (Å²) >= 11 is 0. The van der Waals surface area contributed by atoms with Crippen molar-refractivity contribution in [2.24, 2.45) is 0 Å². The molecule has 0 radical (unpaired) electrons. The van der Waals surface area contributed by atoms with E-state index in [1.165, 1.54) is 0 Å². The molecule has 0 aliphatic carbocycles. The number of piperidine rings is 1. The molecule has 0 spiro atoms. The molecule has 1 fully saturated rings. The van der Waals surface area contributed by atoms with E-state index >= 15 is 0 Å². The lowest BCUT2D eigenvalue weighted by atomic mass is 10.1. The number of nitriles is 1. The smallest absolute Gasteiger partial charge is 0.170 e. The van der Waals surface area contributed by atoms with Gasteiger partial charge >= 0.3 is 0 Å². The third-order valence-electron chi connectivity index (χ3n) is 4.09. The molecule has 1 aliphatic rings. The normalized spacial score (nSPS) is 16.6. The molecule has 0 aromatic carbocycles. The van der Waals surface area contributed by atoms with Crippen LogP contribution in [-0.2, 0) is 0 Å². The van der Waals surface area contributed by atoms with E-state index < -0.39 is 0 Å². The molecule has 1 aromatic heterocycles. The Morgan fingerprint density at radius 3 is 2.50 bits per heavy atom. The average molecular weight is 277 g/mol. The molecule has 3 N–H and O–H groups in total. The van der Waals surface area contributed by atoms with Gasteiger partial charge in [-0.25, -0.2) is 4.68 Å². The van der Waals surface area contributed by atoms with Gasteiger partial charge in [-0.15, -0.1) is 0 Å². The van der Waals surface area contributed by atoms with Gasteiger partial charge in [0.05, 0.1) is 12.1 Å². The van der Waals surface area contributed by atoms with Crippen molar-refractivity contribution in [1.29, 1.82) is 5.26 Å². The Balaban J connectivity index is 2.34. The number of hydrogen-bond acceptors (Lipinski definition) is 5. The van der Waals surface area contributed by atoms with Crippen molar-refractivity contribution < 1.29 is 5.11 Å². The molecule has 6 nitrogen and oxygen atoms in total. The molecule has 0 unspecified atom stereocenters. The Morgan fingerprint density at radius 1 is 1.40 bits per heavy atom. The summed E-state index contributed by atoms with van der Waals surface area (Å²) in [6, 6.07) is 2.41. The molecule has 0 saturated carbocycles. The van der Waals surface area contributed by atoms with E-state index in [0.29, 0.717) is 30.0 Å². The first kappa shape index (κ1) is 14.7. The highest BCUT2D eigenvalue weighted by atomic mass is 16.3. The van der Waals surface area contributed by atoms with Gasteiger partial charge in [0.25, 0.3) is 0 Å². The second-order valence-electron chi connectivity index (χ2n) is 5.33. The molecular weight excluding hydrogens is 254 g/mol. The van der Waals surface area contributed by atoms with Crippen LogP contribution in [-0.4, -0.2) is 34.1 Å². The fourth-order valence-electron chi connectivity index (χ4n) is 2.75. The lowest BCUT2D eigenvalue weighted by Crippen LogP contribution is -2.36. The topological polar surface area (TPSA) is 91.1 Å². The molecule has 1 aromatic rings. The van der Waals surface area contributed by atoms with Crippen LogP contribution in [0.3, 0.4) is 0 Å². The van der Waals surface area contributed by atoms with Gasteiger partial charge in [0.1, 0.15) is 17.5 Å². The lowest BCUT2D eigenvalue weighted by Gasteiger charge is -2.29. The van der Waals surface area contributed by atoms with Gasteiger partial charge in [-0.1, -0.05) is 13.8 Å². The minimum absolute atomic E-state index is 0.228. The molecule has 6 heteroatoms. The van der Waals surface area contributed by atoms with Gasteiger partial charge in [-0.3, -0.25) is 0 Å². The first-order chi connectivity index (χ1) is 9.62. The third-order valence-corrected chi connectivity index (χ3v) is 4.09. The van der Waals surface area contributed by atoms with Crippen LogP contribution in [0.25, 0.3) is 0 Å². The molecule has 0 atom stereocenters. The van der Waals surface area contributed by atoms with Crippen LogP contribution in [0.1, 0.15) is 51.1 Å². The van der Waals surface area contributed by atoms with Crippen molar-refractivity contribution in [3.05, 3.63) is 5.56 Å². The highest BCUT2D eigenvalue weighted by molar-refractivity contribution is 5.65. The Morgan fingerprint density at radius 2 is 2.00 bits per heavy atom. The van der Waals surface area contributed by atoms with Crippen LogP contribution < -0.4 is 10.6 Å². The summed E-state index contributed by atoms with van der Waals surface area (Å²) in [5.41, 5.74) is 6.57. The molecule has 0 bridgehead atoms. The van der Waals surface area contributed by atoms with Gasteiger partial charge in [0.15, 0.2) is 5.82 Å². The number of anilines is 2. The molecule has 110 valence electrons. The van der Waals surface area contributed by atoms with Crippen LogP contribution in [0.2, 0.25) is 0 Å². The van der Waals surface area contributed by atoms with E-state index in [4.69, 9.17) is 5.73 Å². The number of nitrogens with two attached hydrogens (primary N) is 1. The number of rotatable bonds is 4. The predicted molar refractivity (Wildman–Crippen MR) is 78.4 cm³/mol. The van der Waals surface area contributed by atoms with Crippen LogP contribution in [0, 0.1) is 11.3 Å². The highest BCUT2D eigenvalue weighted by Crippen LogP contribution is 2.30. The SMILES string of the molecule is CCC(CC)n1nc(N2CCC(O)CC2)c(C#N)c1N. The van der Waals surface area contributed by atoms with E-state index in [1.807, 2.05) is 0 Å². The number of hydrogen-bond donors (Lipinski definition) is 2. The monoisotopic (exact) mass is 277 g/mol. The van der Waals surface area contributed by atoms with Crippen molar-refractivity contribution in [2.45, 2.75) is 51.7 Å². The molecular formula is C14H23N5O. The first-order valence-electron chi connectivity index (χ1n) is 7.33. The Labute approximate surface area is 119 Å². The molecule has 0 amide bonds. The highest BCUT2D eigenvalue weighted by Gasteiger charge is 2.26. The number of aliphatic hydroxyl groups is 1. The minimum atomic E-state index is -0.241. The van der Waals surface area contributed by atoms with Crippen molar-refractivity contribution in [2.75, 3.05) is 23.7 Å². The van der Waals surface area contributed by atoms with Crippen molar-refractivity contribution in [1.82, 2.24) is 9.78 Å². The molecule has 2 rings (SSSR count). The maximum atomic E-state index is 9.58. The zero-order valence-corrected chi connectivity index (χ0v) is 12.2. The second kappa shape index (κ2) is 6.14.